The van der Waals surface area contributed by atoms with Gasteiger partial charge in [-0.25, -0.2) is 13.4 Å². The first-order chi connectivity index (χ1) is 10.9. The van der Waals surface area contributed by atoms with Crippen molar-refractivity contribution in [1.82, 2.24) is 9.29 Å². The Bertz CT molecular complexity index is 817. The van der Waals surface area contributed by atoms with E-state index in [0.717, 1.165) is 5.56 Å². The lowest BCUT2D eigenvalue weighted by atomic mass is 9.95. The number of hydrogen-bond acceptors (Lipinski definition) is 5. The fourth-order valence-electron chi connectivity index (χ4n) is 2.82. The van der Waals surface area contributed by atoms with Gasteiger partial charge in [-0.1, -0.05) is 41.9 Å². The number of benzene rings is 1. The highest BCUT2D eigenvalue weighted by Crippen LogP contribution is 2.32. The summed E-state index contributed by atoms with van der Waals surface area (Å²) < 4.78 is 27.0. The molecule has 1 aromatic heterocycles. The summed E-state index contributed by atoms with van der Waals surface area (Å²) in [6, 6.07) is 10.7. The van der Waals surface area contributed by atoms with Crippen molar-refractivity contribution >= 4 is 39.8 Å². The zero-order valence-corrected chi connectivity index (χ0v) is 15.1. The summed E-state index contributed by atoms with van der Waals surface area (Å²) in [4.78, 5) is 3.74. The maximum atomic E-state index is 12.8. The lowest BCUT2D eigenvalue weighted by Gasteiger charge is -2.17. The molecular weight excluding hydrogens is 371 g/mol. The third-order valence-electron chi connectivity index (χ3n) is 4.03. The Morgan fingerprint density at radius 3 is 2.54 bits per heavy atom. The van der Waals surface area contributed by atoms with E-state index in [2.05, 4.69) is 4.98 Å². The van der Waals surface area contributed by atoms with E-state index in [9.17, 15) is 8.42 Å². The normalized spacial score (nSPS) is 21.4. The van der Waals surface area contributed by atoms with Crippen LogP contribution in [0.2, 0.25) is 5.02 Å². The summed E-state index contributed by atoms with van der Waals surface area (Å²) in [6.07, 6.45) is 1.32. The van der Waals surface area contributed by atoms with Crippen LogP contribution in [0.1, 0.15) is 11.5 Å². The summed E-state index contributed by atoms with van der Waals surface area (Å²) in [7, 11) is -3.78. The minimum atomic E-state index is -3.78. The third-order valence-corrected chi connectivity index (χ3v) is 6.09. The van der Waals surface area contributed by atoms with Gasteiger partial charge in [-0.3, -0.25) is 0 Å². The number of rotatable bonds is 3. The zero-order chi connectivity index (χ0) is 16.6. The first-order valence-corrected chi connectivity index (χ1v) is 8.93. The van der Waals surface area contributed by atoms with Gasteiger partial charge in [0.25, 0.3) is 0 Å². The molecule has 6 nitrogen and oxygen atoms in total. The number of nitrogens with zero attached hydrogens (tertiary/aromatic N) is 2. The number of hydrogen-bond donors (Lipinski definition) is 2. The summed E-state index contributed by atoms with van der Waals surface area (Å²) in [5.74, 6) is -0.120. The van der Waals surface area contributed by atoms with Crippen molar-refractivity contribution < 1.29 is 8.42 Å². The Morgan fingerprint density at radius 2 is 1.88 bits per heavy atom. The second-order valence-electron chi connectivity index (χ2n) is 5.54. The summed E-state index contributed by atoms with van der Waals surface area (Å²) >= 11 is 5.86. The molecule has 2 atom stereocenters. The quantitative estimate of drug-likeness (QED) is 0.834. The number of anilines is 1. The molecule has 1 saturated heterocycles. The topological polar surface area (TPSA) is 102 Å². The van der Waals surface area contributed by atoms with Crippen LogP contribution in [0.5, 0.6) is 0 Å². The van der Waals surface area contributed by atoms with E-state index < -0.39 is 10.0 Å². The highest BCUT2D eigenvalue weighted by molar-refractivity contribution is 7.89. The van der Waals surface area contributed by atoms with Crippen molar-refractivity contribution in [3.05, 3.63) is 53.2 Å². The second kappa shape index (κ2) is 7.25. The molecule has 0 spiro atoms. The lowest BCUT2D eigenvalue weighted by molar-refractivity contribution is 0.470. The summed E-state index contributed by atoms with van der Waals surface area (Å²) in [6.45, 7) is 0.535. The van der Waals surface area contributed by atoms with E-state index in [4.69, 9.17) is 23.1 Å². The van der Waals surface area contributed by atoms with Gasteiger partial charge in [0.15, 0.2) is 0 Å². The van der Waals surface area contributed by atoms with Gasteiger partial charge in [-0.15, -0.1) is 12.4 Å². The number of sulfonamides is 1. The smallest absolute Gasteiger partial charge is 0.246 e. The predicted molar refractivity (Wildman–Crippen MR) is 96.8 cm³/mol. The Balaban J connectivity index is 0.00000208. The fourth-order valence-corrected chi connectivity index (χ4v) is 4.64. The highest BCUT2D eigenvalue weighted by atomic mass is 35.5. The van der Waals surface area contributed by atoms with Gasteiger partial charge in [0, 0.05) is 31.2 Å². The van der Waals surface area contributed by atoms with Gasteiger partial charge in [0.2, 0.25) is 10.0 Å². The van der Waals surface area contributed by atoms with Crippen molar-refractivity contribution in [2.75, 3.05) is 18.8 Å². The van der Waals surface area contributed by atoms with Gasteiger partial charge in [0.05, 0.1) is 5.02 Å². The molecule has 1 aliphatic rings. The molecule has 0 amide bonds. The van der Waals surface area contributed by atoms with Gasteiger partial charge < -0.3 is 11.5 Å². The van der Waals surface area contributed by atoms with Gasteiger partial charge >= 0.3 is 0 Å². The molecule has 0 aliphatic carbocycles. The molecule has 1 aromatic carbocycles. The number of aromatic nitrogens is 1. The standard InChI is InChI=1S/C15H17ClN4O2S.ClH/c16-11-6-14(15(18)19-7-11)23(21,22)20-8-12(13(17)9-20)10-4-2-1-3-5-10;/h1-7,12-13H,8-9,17H2,(H2,18,19);1H/t12-,13+;/m0./s1. The molecule has 0 unspecified atom stereocenters. The number of nitrogens with two attached hydrogens (primary N) is 2. The first kappa shape index (κ1) is 19.0. The molecular formula is C15H18Cl2N4O2S. The molecule has 0 saturated carbocycles. The van der Waals surface area contributed by atoms with E-state index in [1.165, 1.54) is 16.6 Å². The van der Waals surface area contributed by atoms with Crippen LogP contribution in [0.25, 0.3) is 0 Å². The van der Waals surface area contributed by atoms with Crippen molar-refractivity contribution in [2.24, 2.45) is 5.73 Å². The van der Waals surface area contributed by atoms with Crippen LogP contribution in [0, 0.1) is 0 Å². The largest absolute Gasteiger partial charge is 0.383 e. The fraction of sp³-hybridized carbons (Fsp3) is 0.267. The average Bonchev–Trinajstić information content (AvgIpc) is 2.93. The Kier molecular flexibility index (Phi) is 5.72. The molecule has 130 valence electrons. The van der Waals surface area contributed by atoms with E-state index in [-0.39, 0.29) is 46.6 Å². The van der Waals surface area contributed by atoms with Crippen molar-refractivity contribution in [3.8, 4) is 0 Å². The van der Waals surface area contributed by atoms with Crippen molar-refractivity contribution in [2.45, 2.75) is 16.9 Å². The van der Waals surface area contributed by atoms with Crippen molar-refractivity contribution in [1.29, 1.82) is 0 Å². The van der Waals surface area contributed by atoms with Gasteiger partial charge in [-0.05, 0) is 11.6 Å². The van der Waals surface area contributed by atoms with Gasteiger partial charge in [-0.2, -0.15) is 4.31 Å². The average molecular weight is 389 g/mol. The highest BCUT2D eigenvalue weighted by Gasteiger charge is 2.39. The molecule has 1 fully saturated rings. The SMILES string of the molecule is Cl.Nc1ncc(Cl)cc1S(=O)(=O)N1C[C@@H](N)[C@H](c2ccccc2)C1. The maximum Gasteiger partial charge on any atom is 0.246 e. The van der Waals surface area contributed by atoms with E-state index in [1.807, 2.05) is 30.3 Å². The molecule has 3 rings (SSSR count). The van der Waals surface area contributed by atoms with Crippen LogP contribution >= 0.6 is 24.0 Å². The zero-order valence-electron chi connectivity index (χ0n) is 12.7. The number of pyridine rings is 1. The molecule has 1 aliphatic heterocycles. The second-order valence-corrected chi connectivity index (χ2v) is 7.88. The van der Waals surface area contributed by atoms with E-state index in [1.54, 1.807) is 0 Å². The maximum absolute atomic E-state index is 12.8. The summed E-state index contributed by atoms with van der Waals surface area (Å²) in [5.41, 5.74) is 12.9. The molecule has 0 radical (unpaired) electrons. The van der Waals surface area contributed by atoms with Crippen LogP contribution in [-0.2, 0) is 10.0 Å². The minimum Gasteiger partial charge on any atom is -0.383 e. The molecule has 2 aromatic rings. The van der Waals surface area contributed by atoms with Crippen LogP contribution in [0.15, 0.2) is 47.5 Å². The third kappa shape index (κ3) is 3.50. The van der Waals surface area contributed by atoms with Crippen LogP contribution in [0.4, 0.5) is 5.82 Å². The summed E-state index contributed by atoms with van der Waals surface area (Å²) in [5, 5.41) is 0.223. The Hall–Kier alpha value is -1.38. The van der Waals surface area contributed by atoms with Crippen molar-refractivity contribution in [3.63, 3.8) is 0 Å². The van der Waals surface area contributed by atoms with E-state index >= 15 is 0 Å². The van der Waals surface area contributed by atoms with E-state index in [0.29, 0.717) is 6.54 Å². The molecule has 24 heavy (non-hydrogen) atoms. The minimum absolute atomic E-state index is 0. The molecule has 2 heterocycles. The predicted octanol–water partition coefficient (Wildman–Crippen LogP) is 1.85. The van der Waals surface area contributed by atoms with Crippen LogP contribution < -0.4 is 11.5 Å². The number of halogens is 2. The molecule has 0 bridgehead atoms. The Labute approximate surface area is 152 Å². The lowest BCUT2D eigenvalue weighted by Crippen LogP contribution is -2.32. The van der Waals surface area contributed by atoms with Crippen LogP contribution in [-0.4, -0.2) is 36.8 Å². The van der Waals surface area contributed by atoms with Crippen LogP contribution in [0.3, 0.4) is 0 Å². The monoisotopic (exact) mass is 388 g/mol. The first-order valence-electron chi connectivity index (χ1n) is 7.11. The number of nitrogen functional groups attached to an aromatic ring is 1. The molecule has 4 N–H and O–H groups in total. The Morgan fingerprint density at radius 1 is 1.21 bits per heavy atom. The molecule has 9 heteroatoms. The van der Waals surface area contributed by atoms with Gasteiger partial charge in [0.1, 0.15) is 10.7 Å².